The molecule has 9 nitrogen and oxygen atoms in total. The fraction of sp³-hybridized carbons (Fsp3) is 0.128. The molecule has 0 bridgehead atoms. The van der Waals surface area contributed by atoms with Crippen LogP contribution in [0.4, 0.5) is 5.69 Å². The van der Waals surface area contributed by atoms with Gasteiger partial charge in [-0.1, -0.05) is 91.0 Å². The molecule has 0 saturated heterocycles. The average molecular weight is 677 g/mol. The van der Waals surface area contributed by atoms with Gasteiger partial charge in [0.05, 0.1) is 25.1 Å². The number of hydrogen-bond donors (Lipinski definition) is 2. The zero-order chi connectivity index (χ0) is 35.3. The van der Waals surface area contributed by atoms with Crippen molar-refractivity contribution in [2.75, 3.05) is 25.6 Å². The van der Waals surface area contributed by atoms with Gasteiger partial charge >= 0.3 is 5.97 Å². The van der Waals surface area contributed by atoms with E-state index >= 15 is 0 Å². The van der Waals surface area contributed by atoms with E-state index in [1.165, 1.54) is 42.3 Å². The van der Waals surface area contributed by atoms with Crippen LogP contribution in [-0.4, -0.2) is 55.5 Å². The average Bonchev–Trinajstić information content (AvgIpc) is 3.10. The molecule has 1 amide bonds. The van der Waals surface area contributed by atoms with E-state index in [2.05, 4.69) is 6.58 Å². The standard InChI is InChI=1S/C39H36N2O7S/c1-26-8-19-35(20-9-26)49(46,47)40(3)25-38(43)41(34-18-21-36(39(44)45)37(42)23-34)24-28-10-12-29(13-11-28)30-14-16-31(17-15-30)33-7-5-6-32(22-33)27(2)48-4/h5-23,42H,2,24-25H2,1,3-4H3,(H,44,45). The maximum absolute atomic E-state index is 13.7. The van der Waals surface area contributed by atoms with Crippen LogP contribution in [0.15, 0.2) is 127 Å². The van der Waals surface area contributed by atoms with Gasteiger partial charge in [0.1, 0.15) is 17.1 Å². The number of aromatic hydroxyl groups is 1. The molecule has 5 rings (SSSR count). The number of benzene rings is 5. The van der Waals surface area contributed by atoms with E-state index in [-0.39, 0.29) is 22.7 Å². The number of aromatic carboxylic acids is 1. The van der Waals surface area contributed by atoms with Gasteiger partial charge in [0.2, 0.25) is 15.9 Å². The van der Waals surface area contributed by atoms with E-state index in [4.69, 9.17) is 4.74 Å². The molecule has 2 N–H and O–H groups in total. The van der Waals surface area contributed by atoms with Crippen molar-refractivity contribution in [1.82, 2.24) is 4.31 Å². The summed E-state index contributed by atoms with van der Waals surface area (Å²) in [6, 6.07) is 33.8. The van der Waals surface area contributed by atoms with Gasteiger partial charge in [0.15, 0.2) is 0 Å². The van der Waals surface area contributed by atoms with Crippen LogP contribution in [0, 0.1) is 6.92 Å². The lowest BCUT2D eigenvalue weighted by atomic mass is 9.98. The van der Waals surface area contributed by atoms with Crippen molar-refractivity contribution in [3.05, 3.63) is 144 Å². The molecule has 0 atom stereocenters. The molecule has 0 fully saturated rings. The molecule has 0 saturated carbocycles. The van der Waals surface area contributed by atoms with Gasteiger partial charge in [0.25, 0.3) is 0 Å². The Morgan fingerprint density at radius 3 is 1.96 bits per heavy atom. The summed E-state index contributed by atoms with van der Waals surface area (Å²) < 4.78 is 32.7. The van der Waals surface area contributed by atoms with E-state index in [1.54, 1.807) is 19.2 Å². The Bertz CT molecular complexity index is 2110. The molecule has 0 aliphatic carbocycles. The highest BCUT2D eigenvalue weighted by Crippen LogP contribution is 2.30. The lowest BCUT2D eigenvalue weighted by Gasteiger charge is -2.26. The molecular formula is C39H36N2O7S. The third-order valence-corrected chi connectivity index (χ3v) is 10.0. The van der Waals surface area contributed by atoms with Crippen molar-refractivity contribution >= 4 is 33.3 Å². The number of likely N-dealkylation sites (N-methyl/N-ethyl adjacent to an activating group) is 1. The molecule has 5 aromatic carbocycles. The number of methoxy groups -OCH3 is 1. The minimum atomic E-state index is -3.98. The van der Waals surface area contributed by atoms with Crippen molar-refractivity contribution in [2.24, 2.45) is 0 Å². The number of ether oxygens (including phenoxy) is 1. The van der Waals surface area contributed by atoms with Crippen molar-refractivity contribution in [3.8, 4) is 28.0 Å². The molecule has 0 aliphatic heterocycles. The number of phenols is 1. The van der Waals surface area contributed by atoms with E-state index in [0.29, 0.717) is 5.76 Å². The molecule has 49 heavy (non-hydrogen) atoms. The molecule has 0 aliphatic rings. The van der Waals surface area contributed by atoms with Crippen molar-refractivity contribution in [3.63, 3.8) is 0 Å². The van der Waals surface area contributed by atoms with Gasteiger partial charge in [-0.2, -0.15) is 4.31 Å². The maximum atomic E-state index is 13.7. The van der Waals surface area contributed by atoms with Crippen LogP contribution >= 0.6 is 0 Å². The minimum absolute atomic E-state index is 0.0332. The molecule has 0 radical (unpaired) electrons. The fourth-order valence-electron chi connectivity index (χ4n) is 5.27. The number of carboxylic acid groups (broad SMARTS) is 1. The number of aryl methyl sites for hydroxylation is 1. The van der Waals surface area contributed by atoms with E-state index in [1.807, 2.05) is 79.7 Å². The first-order valence-corrected chi connectivity index (χ1v) is 16.7. The van der Waals surface area contributed by atoms with E-state index < -0.39 is 34.2 Å². The number of sulfonamides is 1. The van der Waals surface area contributed by atoms with Gasteiger partial charge in [-0.15, -0.1) is 0 Å². The third-order valence-electron chi connectivity index (χ3n) is 8.19. The van der Waals surface area contributed by atoms with Gasteiger partial charge < -0.3 is 19.8 Å². The van der Waals surface area contributed by atoms with Gasteiger partial charge in [-0.05, 0) is 65.1 Å². The highest BCUT2D eigenvalue weighted by atomic mass is 32.2. The highest BCUT2D eigenvalue weighted by Gasteiger charge is 2.27. The minimum Gasteiger partial charge on any atom is -0.507 e. The van der Waals surface area contributed by atoms with Gasteiger partial charge in [0, 0.05) is 24.4 Å². The summed E-state index contributed by atoms with van der Waals surface area (Å²) in [4.78, 5) is 26.6. The highest BCUT2D eigenvalue weighted by molar-refractivity contribution is 7.89. The van der Waals surface area contributed by atoms with Crippen molar-refractivity contribution in [1.29, 1.82) is 0 Å². The molecular weight excluding hydrogens is 641 g/mol. The Morgan fingerprint density at radius 2 is 1.39 bits per heavy atom. The number of nitrogens with zero attached hydrogens (tertiary/aromatic N) is 2. The second-order valence-electron chi connectivity index (χ2n) is 11.5. The molecule has 0 heterocycles. The summed E-state index contributed by atoms with van der Waals surface area (Å²) in [5.41, 5.74) is 6.42. The van der Waals surface area contributed by atoms with E-state index in [9.17, 15) is 28.2 Å². The predicted molar refractivity (Wildman–Crippen MR) is 191 cm³/mol. The Balaban J connectivity index is 1.38. The van der Waals surface area contributed by atoms with Crippen LogP contribution < -0.4 is 4.90 Å². The van der Waals surface area contributed by atoms with Crippen molar-refractivity contribution < 1.29 is 33.0 Å². The van der Waals surface area contributed by atoms with E-state index in [0.717, 1.165) is 43.2 Å². The smallest absolute Gasteiger partial charge is 0.339 e. The zero-order valence-electron chi connectivity index (χ0n) is 27.3. The summed E-state index contributed by atoms with van der Waals surface area (Å²) in [5, 5.41) is 19.8. The monoisotopic (exact) mass is 676 g/mol. The lowest BCUT2D eigenvalue weighted by molar-refractivity contribution is -0.118. The number of anilines is 1. The predicted octanol–water partition coefficient (Wildman–Crippen LogP) is 7.20. The molecule has 10 heteroatoms. The Morgan fingerprint density at radius 1 is 0.796 bits per heavy atom. The zero-order valence-corrected chi connectivity index (χ0v) is 28.1. The normalized spacial score (nSPS) is 11.3. The number of carbonyl (C=O) groups is 2. The number of rotatable bonds is 12. The Labute approximate surface area is 286 Å². The summed E-state index contributed by atoms with van der Waals surface area (Å²) in [6.45, 7) is 5.31. The topological polar surface area (TPSA) is 124 Å². The largest absolute Gasteiger partial charge is 0.507 e. The maximum Gasteiger partial charge on any atom is 0.339 e. The first-order chi connectivity index (χ1) is 23.4. The molecule has 250 valence electrons. The Hall–Kier alpha value is -5.71. The summed E-state index contributed by atoms with van der Waals surface area (Å²) in [5.74, 6) is -1.82. The van der Waals surface area contributed by atoms with Gasteiger partial charge in [-0.25, -0.2) is 13.2 Å². The van der Waals surface area contributed by atoms with Crippen molar-refractivity contribution in [2.45, 2.75) is 18.4 Å². The van der Waals surface area contributed by atoms with Crippen LogP contribution in [0.2, 0.25) is 0 Å². The summed E-state index contributed by atoms with van der Waals surface area (Å²) in [6.07, 6.45) is 0. The first kappa shape index (κ1) is 34.6. The molecule has 0 aromatic heterocycles. The number of carboxylic acids is 1. The third kappa shape index (κ3) is 7.89. The van der Waals surface area contributed by atoms with Crippen LogP contribution in [-0.2, 0) is 26.1 Å². The summed E-state index contributed by atoms with van der Waals surface area (Å²) >= 11 is 0. The van der Waals surface area contributed by atoms with Crippen LogP contribution in [0.1, 0.15) is 27.0 Å². The van der Waals surface area contributed by atoms with Crippen LogP contribution in [0.25, 0.3) is 28.0 Å². The second kappa shape index (κ2) is 14.6. The van der Waals surface area contributed by atoms with Crippen LogP contribution in [0.5, 0.6) is 5.75 Å². The summed E-state index contributed by atoms with van der Waals surface area (Å²) in [7, 11) is -1.07. The number of amides is 1. The number of hydrogen-bond acceptors (Lipinski definition) is 6. The van der Waals surface area contributed by atoms with Crippen LogP contribution in [0.3, 0.4) is 0 Å². The molecule has 0 unspecified atom stereocenters. The van der Waals surface area contributed by atoms with Gasteiger partial charge in [-0.3, -0.25) is 4.79 Å². The number of carbonyl (C=O) groups excluding carboxylic acids is 1. The fourth-order valence-corrected chi connectivity index (χ4v) is 6.39. The lowest BCUT2D eigenvalue weighted by Crippen LogP contribution is -2.41. The second-order valence-corrected chi connectivity index (χ2v) is 13.6. The SMILES string of the molecule is C=C(OC)c1cccc(-c2ccc(-c3ccc(CN(C(=O)CN(C)S(=O)(=O)c4ccc(C)cc4)c4ccc(C(=O)O)c(O)c4)cc3)cc2)c1. The molecule has 5 aromatic rings. The first-order valence-electron chi connectivity index (χ1n) is 15.3. The molecule has 0 spiro atoms. The Kier molecular flexibility index (Phi) is 10.3. The quantitative estimate of drug-likeness (QED) is 0.134.